The van der Waals surface area contributed by atoms with Crippen molar-refractivity contribution in [3.05, 3.63) is 258 Å². The van der Waals surface area contributed by atoms with Crippen molar-refractivity contribution < 1.29 is 9.15 Å². The van der Waals surface area contributed by atoms with Crippen LogP contribution < -0.4 is 4.74 Å². The maximum absolute atomic E-state index is 6.70. The van der Waals surface area contributed by atoms with Gasteiger partial charge in [0.15, 0.2) is 5.82 Å². The average Bonchev–Trinajstić information content (AvgIpc) is 3.87. The molecule has 10 aromatic rings. The topological polar surface area (TPSA) is 48.2 Å². The molecule has 0 saturated heterocycles. The van der Waals surface area contributed by atoms with Crippen LogP contribution in [0.3, 0.4) is 0 Å². The van der Waals surface area contributed by atoms with Gasteiger partial charge in [-0.3, -0.25) is 0 Å². The summed E-state index contributed by atoms with van der Waals surface area (Å²) < 4.78 is 13.3. The molecule has 3 heterocycles. The monoisotopic (exact) mass is 818 g/mol. The Hall–Kier alpha value is -8.34. The normalized spacial score (nSPS) is 13.9. The molecule has 0 saturated carbocycles. The predicted octanol–water partition coefficient (Wildman–Crippen LogP) is 14.9. The fraction of sp³-hybridized carbons (Fsp3) is 0.0333. The third-order valence-corrected chi connectivity index (χ3v) is 13.3. The molecule has 4 heteroatoms. The van der Waals surface area contributed by atoms with E-state index in [1.807, 2.05) is 12.1 Å². The lowest BCUT2D eigenvalue weighted by Gasteiger charge is -2.39. The molecule has 0 fully saturated rings. The van der Waals surface area contributed by atoms with Crippen molar-refractivity contribution in [2.75, 3.05) is 0 Å². The maximum Gasteiger partial charge on any atom is 0.161 e. The van der Waals surface area contributed by atoms with E-state index in [1.165, 1.54) is 27.8 Å². The van der Waals surface area contributed by atoms with Crippen LogP contribution in [0.1, 0.15) is 39.4 Å². The second kappa shape index (κ2) is 14.1. The average molecular weight is 819 g/mol. The van der Waals surface area contributed by atoms with Crippen LogP contribution in [0.4, 0.5) is 0 Å². The molecule has 13 rings (SSSR count). The van der Waals surface area contributed by atoms with Gasteiger partial charge < -0.3 is 9.15 Å². The minimum atomic E-state index is -0.552. The minimum Gasteiger partial charge on any atom is -0.460 e. The van der Waals surface area contributed by atoms with Crippen molar-refractivity contribution in [1.82, 2.24) is 9.97 Å². The third-order valence-electron chi connectivity index (χ3n) is 13.3. The Morgan fingerprint density at radius 3 is 1.70 bits per heavy atom. The molecular formula is C60H38N2O2. The molecule has 0 bridgehead atoms. The highest BCUT2D eigenvalue weighted by Gasteiger charge is 2.51. The summed E-state index contributed by atoms with van der Waals surface area (Å²) >= 11 is 0. The highest BCUT2D eigenvalue weighted by Crippen LogP contribution is 2.62. The predicted molar refractivity (Wildman–Crippen MR) is 257 cm³/mol. The van der Waals surface area contributed by atoms with Crippen LogP contribution in [0.2, 0.25) is 0 Å². The zero-order chi connectivity index (χ0) is 42.4. The van der Waals surface area contributed by atoms with E-state index >= 15 is 0 Å². The summed E-state index contributed by atoms with van der Waals surface area (Å²) in [6, 6.07) is 71.0. The summed E-state index contributed by atoms with van der Waals surface area (Å²) in [7, 11) is 0. The maximum atomic E-state index is 6.70. The number of para-hydroxylation sites is 2. The number of hydrogen-bond donors (Lipinski definition) is 0. The van der Waals surface area contributed by atoms with Crippen molar-refractivity contribution in [2.24, 2.45) is 0 Å². The van der Waals surface area contributed by atoms with E-state index in [9.17, 15) is 0 Å². The first-order valence-electron chi connectivity index (χ1n) is 21.8. The van der Waals surface area contributed by atoms with E-state index in [-0.39, 0.29) is 0 Å². The number of nitrogens with zero attached hydrogens (tertiary/aromatic N) is 2. The zero-order valence-corrected chi connectivity index (χ0v) is 34.8. The van der Waals surface area contributed by atoms with Crippen LogP contribution in [0.15, 0.2) is 223 Å². The molecule has 0 radical (unpaired) electrons. The minimum absolute atomic E-state index is 0.552. The van der Waals surface area contributed by atoms with Crippen LogP contribution in [0.25, 0.3) is 72.4 Å². The fourth-order valence-corrected chi connectivity index (χ4v) is 10.4. The summed E-state index contributed by atoms with van der Waals surface area (Å²) in [5.41, 5.74) is 18.7. The molecule has 64 heavy (non-hydrogen) atoms. The summed E-state index contributed by atoms with van der Waals surface area (Å²) in [5.74, 6) is 3.27. The van der Waals surface area contributed by atoms with Crippen LogP contribution in [0.5, 0.6) is 11.5 Å². The lowest BCUT2D eigenvalue weighted by Crippen LogP contribution is -2.32. The largest absolute Gasteiger partial charge is 0.460 e. The van der Waals surface area contributed by atoms with Crippen LogP contribution in [-0.2, 0) is 11.8 Å². The van der Waals surface area contributed by atoms with Gasteiger partial charge in [0, 0.05) is 45.2 Å². The van der Waals surface area contributed by atoms with Gasteiger partial charge in [0.25, 0.3) is 0 Å². The summed E-state index contributed by atoms with van der Waals surface area (Å²) in [6.07, 6.45) is 2.75. The number of furan rings is 1. The standard InChI is InChI=1S/C60H38N2O2/c1-37-32-47(59-61-52(40-16-6-3-7-17-40)36-53(62-59)41-26-24-39(25-27-41)38-14-4-2-5-15-38)58-46-34-42(29-31-54(46)63-57(58)33-37)43-28-30-45-44-18-8-9-19-48(44)60(51(45)35-43)49-20-10-12-22-55(49)64-56-23-13-11-21-50(56)60/h2-32,34-36H,1,33H2. The summed E-state index contributed by atoms with van der Waals surface area (Å²) in [5, 5.41) is 1.02. The van der Waals surface area contributed by atoms with Gasteiger partial charge in [-0.05, 0) is 92.6 Å². The Kier molecular flexibility index (Phi) is 8.00. The van der Waals surface area contributed by atoms with Gasteiger partial charge >= 0.3 is 0 Å². The first-order valence-corrected chi connectivity index (χ1v) is 21.8. The van der Waals surface area contributed by atoms with Gasteiger partial charge in [-0.15, -0.1) is 0 Å². The Labute approximate surface area is 371 Å². The smallest absolute Gasteiger partial charge is 0.161 e. The molecule has 300 valence electrons. The molecule has 0 N–H and O–H groups in total. The second-order valence-corrected chi connectivity index (χ2v) is 16.9. The van der Waals surface area contributed by atoms with E-state index in [4.69, 9.17) is 19.1 Å². The second-order valence-electron chi connectivity index (χ2n) is 16.9. The van der Waals surface area contributed by atoms with E-state index in [0.717, 1.165) is 95.3 Å². The van der Waals surface area contributed by atoms with E-state index < -0.39 is 5.41 Å². The van der Waals surface area contributed by atoms with Gasteiger partial charge in [0.1, 0.15) is 22.8 Å². The van der Waals surface area contributed by atoms with Crippen molar-refractivity contribution in [2.45, 2.75) is 11.8 Å². The van der Waals surface area contributed by atoms with Crippen LogP contribution in [-0.4, -0.2) is 9.97 Å². The van der Waals surface area contributed by atoms with E-state index in [2.05, 4.69) is 201 Å². The Balaban J connectivity index is 0.968. The van der Waals surface area contributed by atoms with E-state index in [1.54, 1.807) is 0 Å². The van der Waals surface area contributed by atoms with E-state index in [0.29, 0.717) is 12.2 Å². The van der Waals surface area contributed by atoms with Crippen molar-refractivity contribution in [3.8, 4) is 67.4 Å². The molecule has 8 aromatic carbocycles. The molecular weight excluding hydrogens is 781 g/mol. The number of benzene rings is 8. The lowest BCUT2D eigenvalue weighted by atomic mass is 9.66. The first-order chi connectivity index (χ1) is 31.6. The Morgan fingerprint density at radius 1 is 0.453 bits per heavy atom. The SMILES string of the molecule is C=C1C=C(c2nc(-c3ccccc3)cc(-c3ccc(-c4ccccc4)cc3)n2)c2c(oc3ccc(-c4ccc5c(c4)C4(c6ccccc6Oc6ccccc64)c4ccccc4-5)cc23)C1. The lowest BCUT2D eigenvalue weighted by molar-refractivity contribution is 0.436. The Morgan fingerprint density at radius 2 is 0.984 bits per heavy atom. The van der Waals surface area contributed by atoms with Crippen molar-refractivity contribution in [3.63, 3.8) is 0 Å². The quantitative estimate of drug-likeness (QED) is 0.174. The number of fused-ring (bicyclic) bond motifs is 12. The summed E-state index contributed by atoms with van der Waals surface area (Å²) in [4.78, 5) is 10.6. The van der Waals surface area contributed by atoms with Gasteiger partial charge in [0.05, 0.1) is 16.8 Å². The number of allylic oxidation sites excluding steroid dienone is 2. The van der Waals surface area contributed by atoms with Gasteiger partial charge in [0.2, 0.25) is 0 Å². The molecule has 1 spiro atoms. The molecule has 0 unspecified atom stereocenters. The number of rotatable bonds is 5. The first kappa shape index (κ1) is 36.3. The molecule has 3 aliphatic rings. The summed E-state index contributed by atoms with van der Waals surface area (Å²) in [6.45, 7) is 4.45. The molecule has 2 aliphatic carbocycles. The molecule has 1 aliphatic heterocycles. The van der Waals surface area contributed by atoms with Crippen molar-refractivity contribution >= 4 is 16.5 Å². The third kappa shape index (κ3) is 5.49. The zero-order valence-electron chi connectivity index (χ0n) is 34.8. The van der Waals surface area contributed by atoms with Gasteiger partial charge in [-0.25, -0.2) is 9.97 Å². The molecule has 2 aromatic heterocycles. The number of hydrogen-bond acceptors (Lipinski definition) is 4. The fourth-order valence-electron chi connectivity index (χ4n) is 10.4. The molecule has 0 amide bonds. The van der Waals surface area contributed by atoms with Gasteiger partial charge in [-0.1, -0.05) is 170 Å². The van der Waals surface area contributed by atoms with Crippen molar-refractivity contribution in [1.29, 1.82) is 0 Å². The highest BCUT2D eigenvalue weighted by molar-refractivity contribution is 6.00. The van der Waals surface area contributed by atoms with Crippen LogP contribution >= 0.6 is 0 Å². The van der Waals surface area contributed by atoms with Gasteiger partial charge in [-0.2, -0.15) is 0 Å². The number of ether oxygens (including phenoxy) is 1. The molecule has 4 nitrogen and oxygen atoms in total. The highest BCUT2D eigenvalue weighted by atomic mass is 16.5. The van der Waals surface area contributed by atoms with Crippen LogP contribution in [0, 0.1) is 0 Å². The Bertz CT molecular complexity index is 3520. The number of aromatic nitrogens is 2. The molecule has 0 atom stereocenters.